The van der Waals surface area contributed by atoms with Crippen LogP contribution in [0.2, 0.25) is 0 Å². The van der Waals surface area contributed by atoms with E-state index in [2.05, 4.69) is 25.5 Å². The van der Waals surface area contributed by atoms with E-state index in [0.717, 1.165) is 17.0 Å². The van der Waals surface area contributed by atoms with Crippen LogP contribution >= 0.6 is 0 Å². The zero-order valence-corrected chi connectivity index (χ0v) is 11.7. The van der Waals surface area contributed by atoms with E-state index in [0.29, 0.717) is 17.9 Å². The molecule has 1 atom stereocenters. The number of nitrogens with one attached hydrogen (secondary N) is 3. The molecule has 2 heterocycles. The molecule has 0 spiro atoms. The van der Waals surface area contributed by atoms with Gasteiger partial charge in [-0.2, -0.15) is 5.10 Å². The molecule has 0 aliphatic heterocycles. The Labute approximate surface area is 111 Å². The van der Waals surface area contributed by atoms with Gasteiger partial charge in [0.15, 0.2) is 0 Å². The first-order valence-electron chi connectivity index (χ1n) is 6.28. The average Bonchev–Trinajstić information content (AvgIpc) is 2.70. The summed E-state index contributed by atoms with van der Waals surface area (Å²) in [5.74, 6) is 0.643. The molecule has 2 aromatic heterocycles. The molecule has 0 saturated heterocycles. The lowest BCUT2D eigenvalue weighted by atomic mass is 10.1. The zero-order chi connectivity index (χ0) is 14.0. The molecule has 19 heavy (non-hydrogen) atoms. The van der Waals surface area contributed by atoms with E-state index in [-0.39, 0.29) is 11.6 Å². The van der Waals surface area contributed by atoms with E-state index in [1.165, 1.54) is 0 Å². The molecule has 0 saturated carbocycles. The van der Waals surface area contributed by atoms with E-state index in [4.69, 9.17) is 0 Å². The number of nitrogens with zero attached hydrogens (tertiary/aromatic N) is 2. The van der Waals surface area contributed by atoms with Crippen molar-refractivity contribution in [1.29, 1.82) is 0 Å². The lowest BCUT2D eigenvalue weighted by Crippen LogP contribution is -2.27. The van der Waals surface area contributed by atoms with Crippen LogP contribution in [0.4, 0.5) is 0 Å². The van der Waals surface area contributed by atoms with Crippen LogP contribution in [0.1, 0.15) is 41.3 Å². The van der Waals surface area contributed by atoms with Gasteiger partial charge in [0.2, 0.25) is 0 Å². The minimum absolute atomic E-state index is 0.0638. The zero-order valence-electron chi connectivity index (χ0n) is 11.7. The molecule has 102 valence electrons. The van der Waals surface area contributed by atoms with Crippen molar-refractivity contribution in [1.82, 2.24) is 25.5 Å². The van der Waals surface area contributed by atoms with Crippen molar-refractivity contribution in [2.75, 3.05) is 0 Å². The van der Waals surface area contributed by atoms with Gasteiger partial charge >= 0.3 is 0 Å². The Hall–Kier alpha value is -1.95. The molecule has 0 aromatic carbocycles. The van der Waals surface area contributed by atoms with Gasteiger partial charge in [-0.15, -0.1) is 0 Å². The van der Waals surface area contributed by atoms with Crippen LogP contribution < -0.4 is 10.9 Å². The molecule has 0 radical (unpaired) electrons. The number of aromatic amines is 2. The summed E-state index contributed by atoms with van der Waals surface area (Å²) in [5, 5.41) is 10.2. The predicted octanol–water partition coefficient (Wildman–Crippen LogP) is 1.27. The normalized spacial score (nSPS) is 12.6. The van der Waals surface area contributed by atoms with Gasteiger partial charge in [-0.05, 0) is 27.7 Å². The van der Waals surface area contributed by atoms with Crippen molar-refractivity contribution in [3.05, 3.63) is 44.9 Å². The maximum atomic E-state index is 12.0. The standard InChI is InChI=1S/C13H19N5O/c1-7-11(6-15-18-7)5-14-8(2)12-9(3)16-10(4)17-13(12)19/h6,8,14H,5H2,1-4H3,(H,15,18)(H,16,17,19). The molecule has 0 aliphatic carbocycles. The maximum absolute atomic E-state index is 12.0. The summed E-state index contributed by atoms with van der Waals surface area (Å²) in [6.45, 7) is 8.24. The molecule has 6 heteroatoms. The van der Waals surface area contributed by atoms with E-state index < -0.39 is 0 Å². The van der Waals surface area contributed by atoms with Gasteiger partial charge < -0.3 is 10.3 Å². The summed E-state index contributed by atoms with van der Waals surface area (Å²) in [7, 11) is 0. The molecular weight excluding hydrogens is 242 g/mol. The lowest BCUT2D eigenvalue weighted by molar-refractivity contribution is 0.561. The highest BCUT2D eigenvalue weighted by molar-refractivity contribution is 5.21. The van der Waals surface area contributed by atoms with Gasteiger partial charge in [-0.1, -0.05) is 0 Å². The fourth-order valence-electron chi connectivity index (χ4n) is 2.16. The molecule has 2 aromatic rings. The van der Waals surface area contributed by atoms with Crippen LogP contribution in [0.5, 0.6) is 0 Å². The Morgan fingerprint density at radius 2 is 2.11 bits per heavy atom. The summed E-state index contributed by atoms with van der Waals surface area (Å²) in [5.41, 5.74) is 3.51. The minimum Gasteiger partial charge on any atom is -0.310 e. The first kappa shape index (κ1) is 13.5. The summed E-state index contributed by atoms with van der Waals surface area (Å²) >= 11 is 0. The van der Waals surface area contributed by atoms with Gasteiger partial charge in [0.05, 0.1) is 11.8 Å². The fourth-order valence-corrected chi connectivity index (χ4v) is 2.16. The average molecular weight is 261 g/mol. The third-order valence-electron chi connectivity index (χ3n) is 3.23. The van der Waals surface area contributed by atoms with E-state index in [1.807, 2.05) is 20.8 Å². The topological polar surface area (TPSA) is 86.5 Å². The lowest BCUT2D eigenvalue weighted by Gasteiger charge is -2.15. The van der Waals surface area contributed by atoms with Crippen molar-refractivity contribution < 1.29 is 0 Å². The number of hydrogen-bond acceptors (Lipinski definition) is 4. The summed E-state index contributed by atoms with van der Waals surface area (Å²) < 4.78 is 0. The smallest absolute Gasteiger partial charge is 0.255 e. The highest BCUT2D eigenvalue weighted by Crippen LogP contribution is 2.12. The number of hydrogen-bond donors (Lipinski definition) is 3. The van der Waals surface area contributed by atoms with Crippen LogP contribution in [0.3, 0.4) is 0 Å². The van der Waals surface area contributed by atoms with Crippen molar-refractivity contribution in [3.8, 4) is 0 Å². The Kier molecular flexibility index (Phi) is 3.80. The van der Waals surface area contributed by atoms with Gasteiger partial charge in [0.25, 0.3) is 5.56 Å². The van der Waals surface area contributed by atoms with Gasteiger partial charge in [-0.25, -0.2) is 4.98 Å². The summed E-state index contributed by atoms with van der Waals surface area (Å²) in [4.78, 5) is 19.0. The largest absolute Gasteiger partial charge is 0.310 e. The van der Waals surface area contributed by atoms with Gasteiger partial charge in [0, 0.05) is 29.5 Å². The molecule has 0 bridgehead atoms. The van der Waals surface area contributed by atoms with Crippen LogP contribution in [0.15, 0.2) is 11.0 Å². The quantitative estimate of drug-likeness (QED) is 0.773. The van der Waals surface area contributed by atoms with Crippen LogP contribution in [-0.2, 0) is 6.54 Å². The second kappa shape index (κ2) is 5.36. The third-order valence-corrected chi connectivity index (χ3v) is 3.23. The van der Waals surface area contributed by atoms with Crippen molar-refractivity contribution in [2.24, 2.45) is 0 Å². The molecule has 2 rings (SSSR count). The molecule has 0 aliphatic rings. The Morgan fingerprint density at radius 3 is 2.68 bits per heavy atom. The molecule has 3 N–H and O–H groups in total. The van der Waals surface area contributed by atoms with E-state index in [1.54, 1.807) is 13.1 Å². The number of rotatable bonds is 4. The minimum atomic E-state index is -0.0751. The molecule has 6 nitrogen and oxygen atoms in total. The van der Waals surface area contributed by atoms with E-state index >= 15 is 0 Å². The summed E-state index contributed by atoms with van der Waals surface area (Å²) in [6.07, 6.45) is 1.79. The first-order valence-corrected chi connectivity index (χ1v) is 6.28. The number of aryl methyl sites for hydroxylation is 3. The number of H-pyrrole nitrogens is 2. The van der Waals surface area contributed by atoms with Crippen LogP contribution in [0, 0.1) is 20.8 Å². The highest BCUT2D eigenvalue weighted by atomic mass is 16.1. The molecule has 0 amide bonds. The van der Waals surface area contributed by atoms with Crippen LogP contribution in [0.25, 0.3) is 0 Å². The van der Waals surface area contributed by atoms with Gasteiger partial charge in [0.1, 0.15) is 5.82 Å². The predicted molar refractivity (Wildman–Crippen MR) is 72.9 cm³/mol. The third kappa shape index (κ3) is 2.90. The van der Waals surface area contributed by atoms with Crippen molar-refractivity contribution >= 4 is 0 Å². The molecule has 1 unspecified atom stereocenters. The first-order chi connectivity index (χ1) is 8.99. The summed E-state index contributed by atoms with van der Waals surface area (Å²) in [6, 6.07) is -0.0638. The number of aromatic nitrogens is 4. The highest BCUT2D eigenvalue weighted by Gasteiger charge is 2.14. The maximum Gasteiger partial charge on any atom is 0.255 e. The Morgan fingerprint density at radius 1 is 1.37 bits per heavy atom. The van der Waals surface area contributed by atoms with Crippen LogP contribution in [-0.4, -0.2) is 20.2 Å². The van der Waals surface area contributed by atoms with E-state index in [9.17, 15) is 4.79 Å². The second-order valence-corrected chi connectivity index (χ2v) is 4.77. The van der Waals surface area contributed by atoms with Crippen molar-refractivity contribution in [3.63, 3.8) is 0 Å². The Bertz CT molecular complexity index is 628. The van der Waals surface area contributed by atoms with Gasteiger partial charge in [-0.3, -0.25) is 9.89 Å². The SMILES string of the molecule is Cc1nc(C)c(C(C)NCc2cn[nH]c2C)c(=O)[nH]1. The van der Waals surface area contributed by atoms with Crippen molar-refractivity contribution in [2.45, 2.75) is 40.3 Å². The molecule has 0 fully saturated rings. The second-order valence-electron chi connectivity index (χ2n) is 4.77. The monoisotopic (exact) mass is 261 g/mol. The molecular formula is C13H19N5O. The Balaban J connectivity index is 2.15. The fraction of sp³-hybridized carbons (Fsp3) is 0.462.